The first-order chi connectivity index (χ1) is 13.6. The van der Waals surface area contributed by atoms with Crippen LogP contribution in [0.1, 0.15) is 19.3 Å². The molecule has 0 radical (unpaired) electrons. The van der Waals surface area contributed by atoms with Gasteiger partial charge in [0, 0.05) is 19.2 Å². The van der Waals surface area contributed by atoms with E-state index < -0.39 is 0 Å². The molecule has 1 aliphatic heterocycles. The van der Waals surface area contributed by atoms with Gasteiger partial charge in [0.25, 0.3) is 0 Å². The normalized spacial score (nSPS) is 14.5. The van der Waals surface area contributed by atoms with Crippen LogP contribution in [-0.4, -0.2) is 55.3 Å². The fourth-order valence-corrected chi connectivity index (χ4v) is 3.48. The number of nitrogens with two attached hydrogens (primary N) is 1. The number of nitrogen functional groups attached to an aromatic ring is 1. The number of piperidine rings is 1. The predicted molar refractivity (Wildman–Crippen MR) is 113 cm³/mol. The molecule has 0 atom stereocenters. The number of nitrogens with zero attached hydrogens (tertiary/aromatic N) is 3. The molecule has 0 amide bonds. The van der Waals surface area contributed by atoms with Crippen LogP contribution >= 0.6 is 11.6 Å². The number of benzene rings is 1. The van der Waals surface area contributed by atoms with Crippen molar-refractivity contribution in [3.63, 3.8) is 0 Å². The molecule has 152 valence electrons. The quantitative estimate of drug-likeness (QED) is 0.613. The van der Waals surface area contributed by atoms with Gasteiger partial charge in [-0.25, -0.2) is 9.97 Å². The zero-order valence-corrected chi connectivity index (χ0v) is 17.1. The Hall–Kier alpha value is -2.45. The summed E-state index contributed by atoms with van der Waals surface area (Å²) in [6.45, 7) is 4.06. The van der Waals surface area contributed by atoms with Gasteiger partial charge in [0.2, 0.25) is 0 Å². The van der Waals surface area contributed by atoms with Crippen LogP contribution in [0.3, 0.4) is 0 Å². The lowest BCUT2D eigenvalue weighted by molar-refractivity contribution is 0.237. The molecule has 1 saturated heterocycles. The molecule has 28 heavy (non-hydrogen) atoms. The van der Waals surface area contributed by atoms with Crippen molar-refractivity contribution in [2.24, 2.45) is 0 Å². The second-order valence-electron chi connectivity index (χ2n) is 6.63. The topological polar surface area (TPSA) is 97.6 Å². The molecule has 0 bridgehead atoms. The van der Waals surface area contributed by atoms with E-state index in [1.165, 1.54) is 25.6 Å². The molecule has 0 aliphatic carbocycles. The number of nitrogens with one attached hydrogen (secondary N) is 2. The Morgan fingerprint density at radius 1 is 1.07 bits per heavy atom. The minimum absolute atomic E-state index is 0.440. The van der Waals surface area contributed by atoms with E-state index in [4.69, 9.17) is 26.8 Å². The maximum absolute atomic E-state index is 6.27. The number of ether oxygens (including phenoxy) is 2. The smallest absolute Gasteiger partial charge is 0.159 e. The second-order valence-corrected chi connectivity index (χ2v) is 7.03. The highest BCUT2D eigenvalue weighted by Gasteiger charge is 2.14. The molecule has 0 unspecified atom stereocenters. The Morgan fingerprint density at radius 3 is 2.50 bits per heavy atom. The second kappa shape index (κ2) is 9.66. The van der Waals surface area contributed by atoms with Crippen LogP contribution in [0.25, 0.3) is 0 Å². The third-order valence-corrected chi connectivity index (χ3v) is 5.08. The molecule has 9 heteroatoms. The summed E-state index contributed by atoms with van der Waals surface area (Å²) in [5.41, 5.74) is 7.35. The number of methoxy groups -OCH3 is 2. The average molecular weight is 407 g/mol. The van der Waals surface area contributed by atoms with E-state index in [0.29, 0.717) is 39.5 Å². The van der Waals surface area contributed by atoms with Crippen LogP contribution in [0.15, 0.2) is 18.5 Å². The molecular formula is C19H27ClN6O2. The lowest BCUT2D eigenvalue weighted by Crippen LogP contribution is -2.33. The van der Waals surface area contributed by atoms with Crippen molar-refractivity contribution in [2.45, 2.75) is 19.3 Å². The summed E-state index contributed by atoms with van der Waals surface area (Å²) in [6, 6.07) is 3.42. The highest BCUT2D eigenvalue weighted by atomic mass is 35.5. The number of halogens is 1. The molecular weight excluding hydrogens is 380 g/mol. The maximum Gasteiger partial charge on any atom is 0.159 e. The highest BCUT2D eigenvalue weighted by Crippen LogP contribution is 2.38. The Labute approximate surface area is 170 Å². The minimum atomic E-state index is 0.440. The molecule has 2 aromatic rings. The Morgan fingerprint density at radius 2 is 1.79 bits per heavy atom. The molecule has 0 saturated carbocycles. The van der Waals surface area contributed by atoms with Gasteiger partial charge < -0.3 is 30.7 Å². The standard InChI is InChI=1S/C19H27ClN6O2/c1-27-15-11-16(28-2)14(10-13(15)20)25-19-17(21)18(23-12-24-19)22-6-9-26-7-4-3-5-8-26/h10-12H,3-9,21H2,1-2H3,(H2,22,23,24,25). The van der Waals surface area contributed by atoms with E-state index >= 15 is 0 Å². The van der Waals surface area contributed by atoms with Gasteiger partial charge in [0.1, 0.15) is 23.5 Å². The molecule has 1 aromatic heterocycles. The fourth-order valence-electron chi connectivity index (χ4n) is 3.24. The van der Waals surface area contributed by atoms with Crippen molar-refractivity contribution >= 4 is 34.6 Å². The first kappa shape index (κ1) is 20.3. The predicted octanol–water partition coefficient (Wildman–Crippen LogP) is 3.37. The van der Waals surface area contributed by atoms with Crippen LogP contribution in [0.4, 0.5) is 23.0 Å². The summed E-state index contributed by atoms with van der Waals surface area (Å²) >= 11 is 6.24. The summed E-state index contributed by atoms with van der Waals surface area (Å²) in [7, 11) is 3.13. The van der Waals surface area contributed by atoms with E-state index in [1.807, 2.05) is 0 Å². The summed E-state index contributed by atoms with van der Waals surface area (Å²) in [5.74, 6) is 2.18. The van der Waals surface area contributed by atoms with Gasteiger partial charge in [0.05, 0.1) is 24.9 Å². The van der Waals surface area contributed by atoms with Crippen molar-refractivity contribution in [3.05, 3.63) is 23.5 Å². The highest BCUT2D eigenvalue weighted by molar-refractivity contribution is 6.32. The number of hydrogen-bond donors (Lipinski definition) is 3. The van der Waals surface area contributed by atoms with Crippen LogP contribution in [-0.2, 0) is 0 Å². The zero-order valence-electron chi connectivity index (χ0n) is 16.3. The molecule has 4 N–H and O–H groups in total. The van der Waals surface area contributed by atoms with Gasteiger partial charge in [-0.3, -0.25) is 0 Å². The summed E-state index contributed by atoms with van der Waals surface area (Å²) in [5, 5.41) is 6.94. The van der Waals surface area contributed by atoms with Gasteiger partial charge in [-0.1, -0.05) is 18.0 Å². The van der Waals surface area contributed by atoms with Crippen molar-refractivity contribution in [1.29, 1.82) is 0 Å². The van der Waals surface area contributed by atoms with E-state index in [-0.39, 0.29) is 0 Å². The molecule has 8 nitrogen and oxygen atoms in total. The molecule has 1 aliphatic rings. The van der Waals surface area contributed by atoms with Gasteiger partial charge in [-0.05, 0) is 32.0 Å². The number of rotatable bonds is 8. The van der Waals surface area contributed by atoms with Crippen molar-refractivity contribution < 1.29 is 9.47 Å². The van der Waals surface area contributed by atoms with Crippen molar-refractivity contribution in [3.8, 4) is 11.5 Å². The Kier molecular flexibility index (Phi) is 7.00. The Bertz CT molecular complexity index is 798. The van der Waals surface area contributed by atoms with Crippen LogP contribution in [0.2, 0.25) is 5.02 Å². The third kappa shape index (κ3) is 4.88. The average Bonchev–Trinajstić information content (AvgIpc) is 2.71. The number of likely N-dealkylation sites (tertiary alicyclic amines) is 1. The molecule has 0 spiro atoms. The monoisotopic (exact) mass is 406 g/mol. The summed E-state index contributed by atoms with van der Waals surface area (Å²) in [4.78, 5) is 11.0. The first-order valence-corrected chi connectivity index (χ1v) is 9.75. The molecule has 1 aromatic carbocycles. The largest absolute Gasteiger partial charge is 0.495 e. The molecule has 3 rings (SSSR count). The minimum Gasteiger partial charge on any atom is -0.495 e. The van der Waals surface area contributed by atoms with Gasteiger partial charge >= 0.3 is 0 Å². The maximum atomic E-state index is 6.27. The van der Waals surface area contributed by atoms with Gasteiger partial charge in [-0.15, -0.1) is 0 Å². The zero-order chi connectivity index (χ0) is 19.9. The SMILES string of the molecule is COc1cc(OC)c(Nc2ncnc(NCCN3CCCCC3)c2N)cc1Cl. The lowest BCUT2D eigenvalue weighted by Gasteiger charge is -2.26. The Balaban J connectivity index is 1.69. The van der Waals surface area contributed by atoms with Crippen LogP contribution < -0.4 is 25.8 Å². The van der Waals surface area contributed by atoms with E-state index in [2.05, 4.69) is 25.5 Å². The van der Waals surface area contributed by atoms with Crippen LogP contribution in [0, 0.1) is 0 Å². The third-order valence-electron chi connectivity index (χ3n) is 4.78. The fraction of sp³-hybridized carbons (Fsp3) is 0.474. The van der Waals surface area contributed by atoms with E-state index in [9.17, 15) is 0 Å². The van der Waals surface area contributed by atoms with E-state index in [1.54, 1.807) is 26.4 Å². The van der Waals surface area contributed by atoms with Gasteiger partial charge in [-0.2, -0.15) is 0 Å². The van der Waals surface area contributed by atoms with Gasteiger partial charge in [0.15, 0.2) is 11.6 Å². The number of aromatic nitrogens is 2. The van der Waals surface area contributed by atoms with Crippen molar-refractivity contribution in [1.82, 2.24) is 14.9 Å². The van der Waals surface area contributed by atoms with Crippen molar-refractivity contribution in [2.75, 3.05) is 56.8 Å². The number of anilines is 4. The lowest BCUT2D eigenvalue weighted by atomic mass is 10.1. The summed E-state index contributed by atoms with van der Waals surface area (Å²) < 4.78 is 10.6. The van der Waals surface area contributed by atoms with Crippen LogP contribution in [0.5, 0.6) is 11.5 Å². The first-order valence-electron chi connectivity index (χ1n) is 9.37. The molecule has 2 heterocycles. The van der Waals surface area contributed by atoms with E-state index in [0.717, 1.165) is 26.2 Å². The number of hydrogen-bond acceptors (Lipinski definition) is 8. The molecule has 1 fully saturated rings. The summed E-state index contributed by atoms with van der Waals surface area (Å²) in [6.07, 6.45) is 5.35.